The van der Waals surface area contributed by atoms with Crippen LogP contribution in [0.2, 0.25) is 0 Å². The smallest absolute Gasteiger partial charge is 0.00697 e. The maximum absolute atomic E-state index is 2.91. The largest absolute Gasteiger partial charge is 0.298 e. The highest BCUT2D eigenvalue weighted by molar-refractivity contribution is 4.74. The number of hydrogen-bond donors (Lipinski definition) is 0. The molecule has 2 unspecified atom stereocenters. The molecule has 0 fully saturated rings. The summed E-state index contributed by atoms with van der Waals surface area (Å²) in [5, 5.41) is 0. The zero-order chi connectivity index (χ0) is 25.8. The molecular formula is C34H71N. The van der Waals surface area contributed by atoms with Gasteiger partial charge < -0.3 is 0 Å². The second-order valence-corrected chi connectivity index (χ2v) is 11.9. The van der Waals surface area contributed by atoms with Crippen LogP contribution in [0, 0.1) is 0 Å². The minimum absolute atomic E-state index is 0.767. The topological polar surface area (TPSA) is 3.24 Å². The fourth-order valence-electron chi connectivity index (χ4n) is 5.78. The maximum Gasteiger partial charge on any atom is 0.00697 e. The van der Waals surface area contributed by atoms with Crippen molar-refractivity contribution in [3.63, 3.8) is 0 Å². The van der Waals surface area contributed by atoms with E-state index in [1.165, 1.54) is 173 Å². The summed E-state index contributed by atoms with van der Waals surface area (Å²) in [5.41, 5.74) is 0. The van der Waals surface area contributed by atoms with Gasteiger partial charge >= 0.3 is 0 Å². The molecule has 1 nitrogen and oxygen atoms in total. The molecule has 0 radical (unpaired) electrons. The van der Waals surface area contributed by atoms with Gasteiger partial charge in [0.25, 0.3) is 0 Å². The van der Waals surface area contributed by atoms with Gasteiger partial charge in [-0.25, -0.2) is 0 Å². The first-order valence-corrected chi connectivity index (χ1v) is 16.9. The molecule has 0 spiro atoms. The summed E-state index contributed by atoms with van der Waals surface area (Å²) < 4.78 is 0. The van der Waals surface area contributed by atoms with E-state index in [1.54, 1.807) is 0 Å². The quantitative estimate of drug-likeness (QED) is 0.0936. The Hall–Kier alpha value is -0.0400. The second-order valence-electron chi connectivity index (χ2n) is 11.9. The Morgan fingerprint density at radius 1 is 0.343 bits per heavy atom. The van der Waals surface area contributed by atoms with E-state index in [4.69, 9.17) is 0 Å². The average molecular weight is 494 g/mol. The average Bonchev–Trinajstić information content (AvgIpc) is 2.86. The zero-order valence-corrected chi connectivity index (χ0v) is 25.7. The Balaban J connectivity index is 4.17. The van der Waals surface area contributed by atoms with E-state index in [9.17, 15) is 0 Å². The monoisotopic (exact) mass is 494 g/mol. The van der Waals surface area contributed by atoms with Crippen LogP contribution in [0.4, 0.5) is 0 Å². The van der Waals surface area contributed by atoms with Gasteiger partial charge in [0.05, 0.1) is 0 Å². The van der Waals surface area contributed by atoms with E-state index in [0.29, 0.717) is 0 Å². The number of rotatable bonds is 29. The van der Waals surface area contributed by atoms with Gasteiger partial charge in [-0.15, -0.1) is 0 Å². The molecule has 2 atom stereocenters. The van der Waals surface area contributed by atoms with Crippen molar-refractivity contribution in [2.45, 2.75) is 214 Å². The van der Waals surface area contributed by atoms with Gasteiger partial charge in [0, 0.05) is 12.1 Å². The van der Waals surface area contributed by atoms with Gasteiger partial charge in [-0.1, -0.05) is 168 Å². The summed E-state index contributed by atoms with van der Waals surface area (Å²) >= 11 is 0. The van der Waals surface area contributed by atoms with Crippen molar-refractivity contribution in [3.8, 4) is 0 Å². The predicted octanol–water partition coefficient (Wildman–Crippen LogP) is 12.3. The Morgan fingerprint density at radius 3 is 0.914 bits per heavy atom. The first kappa shape index (κ1) is 35.0. The van der Waals surface area contributed by atoms with Crippen LogP contribution in [0.5, 0.6) is 0 Å². The van der Waals surface area contributed by atoms with Crippen molar-refractivity contribution in [2.75, 3.05) is 6.54 Å². The molecule has 0 aliphatic rings. The molecule has 212 valence electrons. The summed E-state index contributed by atoms with van der Waals surface area (Å²) in [6, 6.07) is 1.53. The molecular weight excluding hydrogens is 422 g/mol. The highest BCUT2D eigenvalue weighted by Gasteiger charge is 2.19. The lowest BCUT2D eigenvalue weighted by Gasteiger charge is -2.35. The third kappa shape index (κ3) is 24.1. The normalized spacial score (nSPS) is 13.5. The van der Waals surface area contributed by atoms with E-state index in [2.05, 4.69) is 39.5 Å². The molecule has 35 heavy (non-hydrogen) atoms. The lowest BCUT2D eigenvalue weighted by atomic mass is 10.0. The fraction of sp³-hybridized carbons (Fsp3) is 1.00. The molecule has 0 saturated carbocycles. The van der Waals surface area contributed by atoms with E-state index in [-0.39, 0.29) is 0 Å². The SMILES string of the molecule is CCCCCCCCCCCC(C)N(CCCCCCCC)C(C)CCCCCCCCCCC. The molecule has 0 aliphatic carbocycles. The minimum atomic E-state index is 0.767. The number of nitrogens with zero attached hydrogens (tertiary/aromatic N) is 1. The molecule has 0 rings (SSSR count). The van der Waals surface area contributed by atoms with Crippen LogP contribution in [0.3, 0.4) is 0 Å². The molecule has 0 aromatic heterocycles. The van der Waals surface area contributed by atoms with Crippen LogP contribution in [-0.2, 0) is 0 Å². The van der Waals surface area contributed by atoms with Crippen molar-refractivity contribution in [2.24, 2.45) is 0 Å². The summed E-state index contributed by atoms with van der Waals surface area (Å²) in [4.78, 5) is 2.91. The first-order chi connectivity index (χ1) is 17.2. The van der Waals surface area contributed by atoms with Gasteiger partial charge in [-0.2, -0.15) is 0 Å². The summed E-state index contributed by atoms with van der Waals surface area (Å²) in [5.74, 6) is 0. The van der Waals surface area contributed by atoms with Crippen molar-refractivity contribution < 1.29 is 0 Å². The summed E-state index contributed by atoms with van der Waals surface area (Å²) in [7, 11) is 0. The predicted molar refractivity (Wildman–Crippen MR) is 163 cm³/mol. The Kier molecular flexibility index (Phi) is 28.5. The van der Waals surface area contributed by atoms with Crippen LogP contribution >= 0.6 is 0 Å². The van der Waals surface area contributed by atoms with E-state index >= 15 is 0 Å². The molecule has 0 aromatic carbocycles. The highest BCUT2D eigenvalue weighted by Crippen LogP contribution is 2.20. The fourth-order valence-corrected chi connectivity index (χ4v) is 5.78. The molecule has 0 bridgehead atoms. The standard InChI is InChI=1S/C34H71N/c1-6-9-12-15-18-20-22-24-27-30-33(4)35(32-29-26-17-14-11-8-3)34(5)31-28-25-23-21-19-16-13-10-7-2/h33-34H,6-32H2,1-5H3. The number of unbranched alkanes of at least 4 members (excludes halogenated alkanes) is 21. The molecule has 0 aliphatic heterocycles. The third-order valence-electron chi connectivity index (χ3n) is 8.35. The number of hydrogen-bond acceptors (Lipinski definition) is 1. The lowest BCUT2D eigenvalue weighted by molar-refractivity contribution is 0.132. The van der Waals surface area contributed by atoms with Crippen LogP contribution < -0.4 is 0 Å². The van der Waals surface area contributed by atoms with Gasteiger partial charge in [0.2, 0.25) is 0 Å². The van der Waals surface area contributed by atoms with Crippen LogP contribution in [0.25, 0.3) is 0 Å². The van der Waals surface area contributed by atoms with Gasteiger partial charge in [0.15, 0.2) is 0 Å². The van der Waals surface area contributed by atoms with E-state index < -0.39 is 0 Å². The third-order valence-corrected chi connectivity index (χ3v) is 8.35. The van der Waals surface area contributed by atoms with Gasteiger partial charge in [-0.3, -0.25) is 4.90 Å². The van der Waals surface area contributed by atoms with Crippen molar-refractivity contribution >= 4 is 0 Å². The van der Waals surface area contributed by atoms with Crippen LogP contribution in [0.15, 0.2) is 0 Å². The zero-order valence-electron chi connectivity index (χ0n) is 25.7. The second kappa shape index (κ2) is 28.5. The molecule has 0 saturated heterocycles. The Labute approximate surface area is 225 Å². The summed E-state index contributed by atoms with van der Waals surface area (Å²) in [6.45, 7) is 13.4. The van der Waals surface area contributed by atoms with Crippen LogP contribution in [-0.4, -0.2) is 23.5 Å². The van der Waals surface area contributed by atoms with E-state index in [0.717, 1.165) is 12.1 Å². The summed E-state index contributed by atoms with van der Waals surface area (Å²) in [6.07, 6.45) is 37.4. The van der Waals surface area contributed by atoms with Crippen molar-refractivity contribution in [3.05, 3.63) is 0 Å². The van der Waals surface area contributed by atoms with Gasteiger partial charge in [-0.05, 0) is 39.7 Å². The maximum atomic E-state index is 2.91. The van der Waals surface area contributed by atoms with Crippen molar-refractivity contribution in [1.82, 2.24) is 4.90 Å². The lowest BCUT2D eigenvalue weighted by Crippen LogP contribution is -2.41. The molecule has 1 heteroatoms. The first-order valence-electron chi connectivity index (χ1n) is 16.9. The molecule has 0 N–H and O–H groups in total. The molecule has 0 aromatic rings. The van der Waals surface area contributed by atoms with E-state index in [1.807, 2.05) is 0 Å². The highest BCUT2D eigenvalue weighted by atomic mass is 15.2. The van der Waals surface area contributed by atoms with Crippen molar-refractivity contribution in [1.29, 1.82) is 0 Å². The minimum Gasteiger partial charge on any atom is -0.298 e. The van der Waals surface area contributed by atoms with Crippen LogP contribution in [0.1, 0.15) is 202 Å². The molecule has 0 heterocycles. The van der Waals surface area contributed by atoms with Gasteiger partial charge in [0.1, 0.15) is 0 Å². The Bertz CT molecular complexity index is 351. The molecule has 0 amide bonds. The Morgan fingerprint density at radius 2 is 0.600 bits per heavy atom.